The predicted molar refractivity (Wildman–Crippen MR) is 80.0 cm³/mol. The highest BCUT2D eigenvalue weighted by Crippen LogP contribution is 2.09. The van der Waals surface area contributed by atoms with Gasteiger partial charge < -0.3 is 10.6 Å². The van der Waals surface area contributed by atoms with Crippen LogP contribution in [0, 0.1) is 0 Å². The molecule has 0 radical (unpaired) electrons. The SMILES string of the molecule is CCCCCCCCNCCC1CSCCN1. The van der Waals surface area contributed by atoms with Gasteiger partial charge in [-0.1, -0.05) is 39.0 Å². The van der Waals surface area contributed by atoms with Crippen molar-refractivity contribution >= 4 is 11.8 Å². The number of hydrogen-bond donors (Lipinski definition) is 2. The van der Waals surface area contributed by atoms with Crippen LogP contribution in [0.15, 0.2) is 0 Å². The van der Waals surface area contributed by atoms with Gasteiger partial charge in [0.1, 0.15) is 0 Å². The van der Waals surface area contributed by atoms with E-state index in [4.69, 9.17) is 0 Å². The standard InChI is InChI=1S/C14H30N2S/c1-2-3-4-5-6-7-9-15-10-8-14-13-17-12-11-16-14/h14-16H,2-13H2,1H3. The zero-order chi connectivity index (χ0) is 12.2. The van der Waals surface area contributed by atoms with Crippen LogP contribution in [-0.4, -0.2) is 37.2 Å². The van der Waals surface area contributed by atoms with Crippen molar-refractivity contribution < 1.29 is 0 Å². The molecule has 0 aromatic heterocycles. The summed E-state index contributed by atoms with van der Waals surface area (Å²) < 4.78 is 0. The van der Waals surface area contributed by atoms with Crippen LogP contribution in [0.1, 0.15) is 51.9 Å². The van der Waals surface area contributed by atoms with Crippen molar-refractivity contribution in [3.8, 4) is 0 Å². The Labute approximate surface area is 112 Å². The summed E-state index contributed by atoms with van der Waals surface area (Å²) >= 11 is 2.09. The van der Waals surface area contributed by atoms with Gasteiger partial charge in [-0.25, -0.2) is 0 Å². The van der Waals surface area contributed by atoms with Gasteiger partial charge in [0.05, 0.1) is 0 Å². The molecule has 1 atom stereocenters. The largest absolute Gasteiger partial charge is 0.317 e. The number of unbranched alkanes of at least 4 members (excludes halogenated alkanes) is 5. The molecule has 0 saturated carbocycles. The topological polar surface area (TPSA) is 24.1 Å². The van der Waals surface area contributed by atoms with E-state index in [1.807, 2.05) is 0 Å². The van der Waals surface area contributed by atoms with Gasteiger partial charge in [0, 0.05) is 24.1 Å². The molecule has 1 aliphatic rings. The summed E-state index contributed by atoms with van der Waals surface area (Å²) in [7, 11) is 0. The molecular formula is C14H30N2S. The fourth-order valence-corrected chi connectivity index (χ4v) is 3.23. The summed E-state index contributed by atoms with van der Waals surface area (Å²) in [6.45, 7) is 5.88. The number of nitrogens with one attached hydrogen (secondary N) is 2. The third-order valence-electron chi connectivity index (χ3n) is 3.38. The molecule has 1 heterocycles. The van der Waals surface area contributed by atoms with Crippen molar-refractivity contribution in [1.29, 1.82) is 0 Å². The van der Waals surface area contributed by atoms with Gasteiger partial charge in [0.2, 0.25) is 0 Å². The van der Waals surface area contributed by atoms with E-state index < -0.39 is 0 Å². The van der Waals surface area contributed by atoms with E-state index in [1.54, 1.807) is 0 Å². The Balaban J connectivity index is 1.75. The van der Waals surface area contributed by atoms with Crippen molar-refractivity contribution in [2.45, 2.75) is 57.9 Å². The molecule has 2 nitrogen and oxygen atoms in total. The maximum Gasteiger partial charge on any atom is 0.0170 e. The first-order chi connectivity index (χ1) is 8.43. The monoisotopic (exact) mass is 258 g/mol. The van der Waals surface area contributed by atoms with Crippen LogP contribution in [0.25, 0.3) is 0 Å². The van der Waals surface area contributed by atoms with E-state index in [0.29, 0.717) is 0 Å². The summed E-state index contributed by atoms with van der Waals surface area (Å²) in [5, 5.41) is 7.16. The summed E-state index contributed by atoms with van der Waals surface area (Å²) in [5.41, 5.74) is 0. The zero-order valence-corrected chi connectivity index (χ0v) is 12.3. The molecule has 1 aliphatic heterocycles. The molecule has 0 bridgehead atoms. The molecule has 1 rings (SSSR count). The van der Waals surface area contributed by atoms with Crippen LogP contribution in [-0.2, 0) is 0 Å². The van der Waals surface area contributed by atoms with E-state index >= 15 is 0 Å². The highest BCUT2D eigenvalue weighted by atomic mass is 32.2. The average molecular weight is 258 g/mol. The smallest absolute Gasteiger partial charge is 0.0170 e. The third-order valence-corrected chi connectivity index (χ3v) is 4.51. The van der Waals surface area contributed by atoms with Gasteiger partial charge >= 0.3 is 0 Å². The van der Waals surface area contributed by atoms with E-state index in [9.17, 15) is 0 Å². The van der Waals surface area contributed by atoms with Gasteiger partial charge in [-0.05, 0) is 25.9 Å². The minimum Gasteiger partial charge on any atom is -0.317 e. The zero-order valence-electron chi connectivity index (χ0n) is 11.5. The molecule has 0 aromatic rings. The minimum absolute atomic E-state index is 0.755. The molecule has 102 valence electrons. The second kappa shape index (κ2) is 11.4. The summed E-state index contributed by atoms with van der Waals surface area (Å²) in [5.74, 6) is 2.60. The van der Waals surface area contributed by atoms with E-state index in [2.05, 4.69) is 29.3 Å². The quantitative estimate of drug-likeness (QED) is 0.589. The van der Waals surface area contributed by atoms with E-state index in [1.165, 1.54) is 76.1 Å². The van der Waals surface area contributed by atoms with Gasteiger partial charge in [0.25, 0.3) is 0 Å². The number of thioether (sulfide) groups is 1. The Bertz CT molecular complexity index is 158. The lowest BCUT2D eigenvalue weighted by Crippen LogP contribution is -2.39. The highest BCUT2D eigenvalue weighted by Gasteiger charge is 2.11. The molecule has 1 saturated heterocycles. The van der Waals surface area contributed by atoms with E-state index in [0.717, 1.165) is 6.04 Å². The van der Waals surface area contributed by atoms with Gasteiger partial charge in [0.15, 0.2) is 0 Å². The lowest BCUT2D eigenvalue weighted by molar-refractivity contribution is 0.495. The van der Waals surface area contributed by atoms with E-state index in [-0.39, 0.29) is 0 Å². The lowest BCUT2D eigenvalue weighted by Gasteiger charge is -2.23. The van der Waals surface area contributed by atoms with Crippen LogP contribution in [0.3, 0.4) is 0 Å². The van der Waals surface area contributed by atoms with Gasteiger partial charge in [-0.3, -0.25) is 0 Å². The predicted octanol–water partition coefficient (Wildman–Crippen LogP) is 3.03. The minimum atomic E-state index is 0.755. The maximum atomic E-state index is 3.58. The lowest BCUT2D eigenvalue weighted by atomic mass is 10.1. The Kier molecular flexibility index (Phi) is 10.2. The first-order valence-electron chi connectivity index (χ1n) is 7.45. The number of rotatable bonds is 10. The summed E-state index contributed by atoms with van der Waals surface area (Å²) in [4.78, 5) is 0. The van der Waals surface area contributed by atoms with Crippen molar-refractivity contribution in [1.82, 2.24) is 10.6 Å². The Morgan fingerprint density at radius 2 is 1.94 bits per heavy atom. The van der Waals surface area contributed by atoms with Crippen LogP contribution >= 0.6 is 11.8 Å². The molecule has 1 unspecified atom stereocenters. The Hall–Kier alpha value is 0.270. The van der Waals surface area contributed by atoms with Crippen molar-refractivity contribution in [2.75, 3.05) is 31.1 Å². The van der Waals surface area contributed by atoms with Gasteiger partial charge in [-0.15, -0.1) is 0 Å². The van der Waals surface area contributed by atoms with Crippen molar-refractivity contribution in [2.24, 2.45) is 0 Å². The molecule has 0 amide bonds. The second-order valence-electron chi connectivity index (χ2n) is 5.03. The summed E-state index contributed by atoms with van der Waals surface area (Å²) in [6, 6.07) is 0.755. The first kappa shape index (κ1) is 15.3. The molecule has 3 heteroatoms. The van der Waals surface area contributed by atoms with Crippen molar-refractivity contribution in [3.05, 3.63) is 0 Å². The summed E-state index contributed by atoms with van der Waals surface area (Å²) in [6.07, 6.45) is 9.68. The highest BCUT2D eigenvalue weighted by molar-refractivity contribution is 7.99. The third kappa shape index (κ3) is 8.92. The van der Waals surface area contributed by atoms with Crippen LogP contribution in [0.5, 0.6) is 0 Å². The molecule has 0 aromatic carbocycles. The van der Waals surface area contributed by atoms with Crippen molar-refractivity contribution in [3.63, 3.8) is 0 Å². The molecule has 2 N–H and O–H groups in total. The molecule has 1 fully saturated rings. The van der Waals surface area contributed by atoms with Crippen LogP contribution < -0.4 is 10.6 Å². The first-order valence-corrected chi connectivity index (χ1v) is 8.60. The molecular weight excluding hydrogens is 228 g/mol. The molecule has 0 spiro atoms. The Morgan fingerprint density at radius 1 is 1.12 bits per heavy atom. The van der Waals surface area contributed by atoms with Crippen LogP contribution in [0.2, 0.25) is 0 Å². The molecule has 0 aliphatic carbocycles. The normalized spacial score (nSPS) is 20.6. The Morgan fingerprint density at radius 3 is 2.71 bits per heavy atom. The maximum absolute atomic E-state index is 3.58. The second-order valence-corrected chi connectivity index (χ2v) is 6.18. The number of hydrogen-bond acceptors (Lipinski definition) is 3. The fourth-order valence-electron chi connectivity index (χ4n) is 2.24. The average Bonchev–Trinajstić information content (AvgIpc) is 2.38. The van der Waals surface area contributed by atoms with Crippen LogP contribution in [0.4, 0.5) is 0 Å². The fraction of sp³-hybridized carbons (Fsp3) is 1.00. The van der Waals surface area contributed by atoms with Gasteiger partial charge in [-0.2, -0.15) is 11.8 Å². The molecule has 17 heavy (non-hydrogen) atoms.